The van der Waals surface area contributed by atoms with Crippen LogP contribution in [0.3, 0.4) is 0 Å². The van der Waals surface area contributed by atoms with Crippen LogP contribution < -0.4 is 15.9 Å². The van der Waals surface area contributed by atoms with Crippen LogP contribution in [0.4, 0.5) is 0 Å². The molecule has 30 heavy (non-hydrogen) atoms. The number of nitrogens with one attached hydrogen (secondary N) is 2. The van der Waals surface area contributed by atoms with E-state index in [1.165, 1.54) is 0 Å². The molecule has 0 radical (unpaired) electrons. The number of ether oxygens (including phenoxy) is 1. The molecule has 152 valence electrons. The number of nitrogens with zero attached hydrogens (tertiary/aromatic N) is 3. The summed E-state index contributed by atoms with van der Waals surface area (Å²) in [6, 6.07) is 11.3. The van der Waals surface area contributed by atoms with Crippen LogP contribution in [-0.4, -0.2) is 49.9 Å². The average Bonchev–Trinajstić information content (AvgIpc) is 3.25. The maximum absolute atomic E-state index is 13.0. The summed E-state index contributed by atoms with van der Waals surface area (Å²) >= 11 is 0. The van der Waals surface area contributed by atoms with Gasteiger partial charge in [0.1, 0.15) is 23.1 Å². The summed E-state index contributed by atoms with van der Waals surface area (Å²) in [5.74, 6) is 0.666. The molecule has 2 aromatic carbocycles. The molecule has 3 atom stereocenters. The van der Waals surface area contributed by atoms with Crippen molar-refractivity contribution in [2.75, 3.05) is 13.1 Å². The molecule has 1 saturated heterocycles. The highest BCUT2D eigenvalue weighted by Crippen LogP contribution is 2.30. The van der Waals surface area contributed by atoms with E-state index in [0.29, 0.717) is 45.8 Å². The first kappa shape index (κ1) is 17.5. The van der Waals surface area contributed by atoms with Crippen molar-refractivity contribution in [2.45, 2.75) is 32.0 Å². The maximum atomic E-state index is 13.0. The Bertz CT molecular complexity index is 1420. The third-order valence-corrected chi connectivity index (χ3v) is 6.30. The molecule has 4 heterocycles. The third-order valence-electron chi connectivity index (χ3n) is 6.30. The van der Waals surface area contributed by atoms with Gasteiger partial charge < -0.3 is 9.72 Å². The molecule has 2 aliphatic heterocycles. The number of aromatic nitrogens is 4. The number of rotatable bonds is 0. The minimum atomic E-state index is -0.298. The Morgan fingerprint density at radius 1 is 1.13 bits per heavy atom. The summed E-state index contributed by atoms with van der Waals surface area (Å²) in [6.45, 7) is 4.26. The molecule has 8 heteroatoms. The maximum Gasteiger partial charge on any atom is 0.275 e. The van der Waals surface area contributed by atoms with Gasteiger partial charge in [0, 0.05) is 31.1 Å². The van der Waals surface area contributed by atoms with Gasteiger partial charge in [0.05, 0.1) is 23.0 Å². The van der Waals surface area contributed by atoms with Crippen LogP contribution in [0.25, 0.3) is 33.2 Å². The first-order valence-electron chi connectivity index (χ1n) is 10.2. The van der Waals surface area contributed by atoms with E-state index in [-0.39, 0.29) is 22.9 Å². The quantitative estimate of drug-likeness (QED) is 0.469. The smallest absolute Gasteiger partial charge is 0.275 e. The Kier molecular flexibility index (Phi) is 3.67. The van der Waals surface area contributed by atoms with E-state index in [4.69, 9.17) is 9.72 Å². The highest BCUT2D eigenvalue weighted by Gasteiger charge is 2.31. The number of H-pyrrole nitrogens is 2. The molecule has 2 aromatic heterocycles. The van der Waals surface area contributed by atoms with Crippen molar-refractivity contribution < 1.29 is 4.74 Å². The zero-order valence-corrected chi connectivity index (χ0v) is 16.5. The van der Waals surface area contributed by atoms with Crippen molar-refractivity contribution in [1.82, 2.24) is 24.6 Å². The predicted molar refractivity (Wildman–Crippen MR) is 114 cm³/mol. The van der Waals surface area contributed by atoms with Crippen LogP contribution in [0.1, 0.15) is 13.3 Å². The second kappa shape index (κ2) is 6.30. The Labute approximate surface area is 171 Å². The van der Waals surface area contributed by atoms with Gasteiger partial charge in [-0.2, -0.15) is 0 Å². The Balaban J connectivity index is 1.67. The van der Waals surface area contributed by atoms with Gasteiger partial charge in [0.2, 0.25) is 0 Å². The van der Waals surface area contributed by atoms with Crippen LogP contribution in [0.15, 0.2) is 46.0 Å². The number of hydrogen-bond acceptors (Lipinski definition) is 5. The number of aromatic amines is 2. The molecule has 8 nitrogen and oxygen atoms in total. The summed E-state index contributed by atoms with van der Waals surface area (Å²) in [5.41, 5.74) is 2.38. The van der Waals surface area contributed by atoms with Crippen LogP contribution in [-0.2, 0) is 6.54 Å². The number of benzene rings is 2. The lowest BCUT2D eigenvalue weighted by atomic mass is 10.1. The lowest BCUT2D eigenvalue weighted by Gasteiger charge is -2.20. The number of hydrogen-bond donors (Lipinski definition) is 2. The van der Waals surface area contributed by atoms with E-state index in [1.54, 1.807) is 16.8 Å². The second-order valence-corrected chi connectivity index (χ2v) is 8.18. The third kappa shape index (κ3) is 2.53. The van der Waals surface area contributed by atoms with Gasteiger partial charge in [-0.15, -0.1) is 0 Å². The number of para-hydroxylation sites is 2. The SMILES string of the molecule is C[C@H]1C[C@@H]2CN1CCn1[nH]c3c(cccc3c1=O)-c1nc3c(cccc3[nH]c1=O)O2. The topological polar surface area (TPSA) is 96.0 Å². The predicted octanol–water partition coefficient (Wildman–Crippen LogP) is 2.09. The lowest BCUT2D eigenvalue weighted by Crippen LogP contribution is -2.33. The zero-order valence-electron chi connectivity index (χ0n) is 16.5. The summed E-state index contributed by atoms with van der Waals surface area (Å²) < 4.78 is 7.98. The monoisotopic (exact) mass is 403 g/mol. The van der Waals surface area contributed by atoms with E-state index in [2.05, 4.69) is 21.9 Å². The van der Waals surface area contributed by atoms with Gasteiger partial charge in [-0.1, -0.05) is 18.2 Å². The van der Waals surface area contributed by atoms with E-state index in [9.17, 15) is 9.59 Å². The molecule has 2 aliphatic rings. The standard InChI is InChI=1S/C22H21N5O3/c1-12-10-13-11-26(12)8-9-27-22(29)15-5-2-4-14(18(15)25-27)19-21(28)23-16-6-3-7-17(30-13)20(16)24-19/h2-7,12-13,25H,8-11H2,1H3,(H,23,28)/t12-,13+/m0/s1. The molecule has 6 bridgehead atoms. The van der Waals surface area contributed by atoms with Crippen LogP contribution in [0.5, 0.6) is 5.75 Å². The van der Waals surface area contributed by atoms with Crippen molar-refractivity contribution in [1.29, 1.82) is 0 Å². The highest BCUT2D eigenvalue weighted by atomic mass is 16.5. The molecule has 0 spiro atoms. The van der Waals surface area contributed by atoms with Crippen LogP contribution in [0, 0.1) is 0 Å². The fourth-order valence-electron chi connectivity index (χ4n) is 4.75. The molecule has 6 rings (SSSR count). The van der Waals surface area contributed by atoms with E-state index < -0.39 is 0 Å². The van der Waals surface area contributed by atoms with Crippen molar-refractivity contribution in [3.8, 4) is 17.0 Å². The van der Waals surface area contributed by atoms with Crippen LogP contribution in [0.2, 0.25) is 0 Å². The van der Waals surface area contributed by atoms with Crippen molar-refractivity contribution >= 4 is 21.9 Å². The molecule has 2 N–H and O–H groups in total. The summed E-state index contributed by atoms with van der Waals surface area (Å²) in [7, 11) is 0. The van der Waals surface area contributed by atoms with Crippen molar-refractivity contribution in [3.05, 3.63) is 57.1 Å². The molecular formula is C22H21N5O3. The summed E-state index contributed by atoms with van der Waals surface area (Å²) in [5, 5.41) is 3.78. The minimum Gasteiger partial charge on any atom is -0.487 e. The first-order valence-corrected chi connectivity index (χ1v) is 10.2. The molecule has 1 unspecified atom stereocenters. The van der Waals surface area contributed by atoms with Gasteiger partial charge in [-0.25, -0.2) is 4.98 Å². The molecule has 4 aromatic rings. The Morgan fingerprint density at radius 3 is 2.90 bits per heavy atom. The van der Waals surface area contributed by atoms with Gasteiger partial charge >= 0.3 is 0 Å². The Hall–Kier alpha value is -3.39. The zero-order chi connectivity index (χ0) is 20.4. The van der Waals surface area contributed by atoms with Crippen molar-refractivity contribution in [2.24, 2.45) is 0 Å². The first-order chi connectivity index (χ1) is 14.6. The number of fused-ring (bicyclic) bond motifs is 5. The Morgan fingerprint density at radius 2 is 2.00 bits per heavy atom. The molecule has 1 fully saturated rings. The summed E-state index contributed by atoms with van der Waals surface area (Å²) in [6.07, 6.45) is 0.931. The normalized spacial score (nSPS) is 23.2. The lowest BCUT2D eigenvalue weighted by molar-refractivity contribution is 0.195. The molecule has 0 saturated carbocycles. The molecule has 0 amide bonds. The molecular weight excluding hydrogens is 382 g/mol. The van der Waals surface area contributed by atoms with E-state index in [0.717, 1.165) is 19.5 Å². The van der Waals surface area contributed by atoms with Crippen molar-refractivity contribution in [3.63, 3.8) is 0 Å². The fourth-order valence-corrected chi connectivity index (χ4v) is 4.75. The van der Waals surface area contributed by atoms with E-state index in [1.807, 2.05) is 24.3 Å². The molecule has 0 aliphatic carbocycles. The minimum absolute atomic E-state index is 0.0320. The largest absolute Gasteiger partial charge is 0.487 e. The second-order valence-electron chi connectivity index (χ2n) is 8.18. The highest BCUT2D eigenvalue weighted by molar-refractivity contribution is 5.93. The summed E-state index contributed by atoms with van der Waals surface area (Å²) in [4.78, 5) is 35.8. The van der Waals surface area contributed by atoms with Gasteiger partial charge in [0.15, 0.2) is 0 Å². The van der Waals surface area contributed by atoms with Crippen LogP contribution >= 0.6 is 0 Å². The van der Waals surface area contributed by atoms with Gasteiger partial charge in [0.25, 0.3) is 11.1 Å². The van der Waals surface area contributed by atoms with Gasteiger partial charge in [-0.05, 0) is 25.1 Å². The van der Waals surface area contributed by atoms with E-state index >= 15 is 0 Å². The van der Waals surface area contributed by atoms with Gasteiger partial charge in [-0.3, -0.25) is 24.3 Å². The fraction of sp³-hybridized carbons (Fsp3) is 0.318. The average molecular weight is 403 g/mol.